The van der Waals surface area contributed by atoms with Crippen molar-refractivity contribution in [3.63, 3.8) is 0 Å². The molecule has 0 unspecified atom stereocenters. The van der Waals surface area contributed by atoms with Gasteiger partial charge in [0.05, 0.1) is 0 Å². The van der Waals surface area contributed by atoms with Crippen LogP contribution in [-0.4, -0.2) is 5.21 Å². The third-order valence-electron chi connectivity index (χ3n) is 1.69. The fourth-order valence-corrected chi connectivity index (χ4v) is 0.966. The van der Waals surface area contributed by atoms with Gasteiger partial charge < -0.3 is 0 Å². The smallest absolute Gasteiger partial charge is 0.285 e. The molecule has 1 N–H and O–H groups in total. The van der Waals surface area contributed by atoms with Crippen molar-refractivity contribution in [2.45, 2.75) is 33.4 Å². The molecule has 1 rings (SSSR count). The summed E-state index contributed by atoms with van der Waals surface area (Å²) >= 11 is 0. The summed E-state index contributed by atoms with van der Waals surface area (Å²) in [5.74, 6) is 0. The predicted molar refractivity (Wildman–Crippen MR) is 49.5 cm³/mol. The van der Waals surface area contributed by atoms with E-state index in [1.807, 2.05) is 13.8 Å². The van der Waals surface area contributed by atoms with Crippen LogP contribution in [0.4, 0.5) is 13.2 Å². The largest absolute Gasteiger partial charge is 0.482 e. The van der Waals surface area contributed by atoms with E-state index in [1.54, 1.807) is 6.92 Å². The van der Waals surface area contributed by atoms with E-state index < -0.39 is 11.9 Å². The van der Waals surface area contributed by atoms with Crippen LogP contribution < -0.4 is 4.73 Å². The molecule has 86 valence electrons. The van der Waals surface area contributed by atoms with Gasteiger partial charge in [-0.2, -0.15) is 13.2 Å². The maximum atomic E-state index is 12.1. The Hall–Kier alpha value is -1.26. The molecule has 0 aliphatic carbocycles. The Morgan fingerprint density at radius 3 is 2.13 bits per heavy atom. The van der Waals surface area contributed by atoms with E-state index in [0.29, 0.717) is 12.0 Å². The lowest BCUT2D eigenvalue weighted by molar-refractivity contribution is -0.915. The number of halogens is 3. The molecule has 0 saturated heterocycles. The van der Waals surface area contributed by atoms with Gasteiger partial charge in [-0.25, -0.2) is 0 Å². The van der Waals surface area contributed by atoms with Gasteiger partial charge in [0.15, 0.2) is 0 Å². The topological polar surface area (TPSA) is 24.1 Å². The van der Waals surface area contributed by atoms with E-state index in [2.05, 4.69) is 0 Å². The second-order valence-corrected chi connectivity index (χ2v) is 2.62. The van der Waals surface area contributed by atoms with Gasteiger partial charge in [-0.3, -0.25) is 5.21 Å². The Kier molecular flexibility index (Phi) is 5.11. The lowest BCUT2D eigenvalue weighted by Crippen LogP contribution is -2.39. The van der Waals surface area contributed by atoms with Crippen molar-refractivity contribution in [1.29, 1.82) is 0 Å². The molecule has 15 heavy (non-hydrogen) atoms. The molecule has 0 aromatic carbocycles. The number of nitrogens with zero attached hydrogens (tertiary/aromatic N) is 1. The third-order valence-corrected chi connectivity index (χ3v) is 1.69. The van der Waals surface area contributed by atoms with E-state index in [4.69, 9.17) is 5.21 Å². The summed E-state index contributed by atoms with van der Waals surface area (Å²) in [6.07, 6.45) is -2.87. The molecule has 0 spiro atoms. The first kappa shape index (κ1) is 13.7. The van der Waals surface area contributed by atoms with Gasteiger partial charge in [0, 0.05) is 16.4 Å². The first-order chi connectivity index (χ1) is 6.95. The fourth-order valence-electron chi connectivity index (χ4n) is 0.966. The monoisotopic (exact) mass is 222 g/mol. The molecule has 0 aliphatic heterocycles. The van der Waals surface area contributed by atoms with E-state index in [9.17, 15) is 13.2 Å². The number of hydrogen-bond donors (Lipinski definition) is 1. The number of aromatic nitrogens is 1. The van der Waals surface area contributed by atoms with Crippen LogP contribution in [0.25, 0.3) is 0 Å². The molecule has 0 saturated carbocycles. The molecule has 0 radical (unpaired) electrons. The number of pyridine rings is 1. The Labute approximate surface area is 86.9 Å². The van der Waals surface area contributed by atoms with Crippen molar-refractivity contribution in [3.05, 3.63) is 29.6 Å². The first-order valence-electron chi connectivity index (χ1n) is 4.76. The molecular weight excluding hydrogens is 207 g/mol. The highest BCUT2D eigenvalue weighted by molar-refractivity contribution is 5.10. The van der Waals surface area contributed by atoms with Crippen molar-refractivity contribution < 1.29 is 23.1 Å². The Morgan fingerprint density at radius 2 is 1.80 bits per heavy atom. The normalized spacial score (nSPS) is 10.5. The van der Waals surface area contributed by atoms with Crippen LogP contribution in [0.1, 0.15) is 32.0 Å². The highest BCUT2D eigenvalue weighted by Gasteiger charge is 2.41. The highest BCUT2D eigenvalue weighted by atomic mass is 19.4. The van der Waals surface area contributed by atoms with Crippen LogP contribution >= 0.6 is 0 Å². The van der Waals surface area contributed by atoms with Gasteiger partial charge in [0.2, 0.25) is 6.20 Å². The molecule has 2 nitrogen and oxygen atoms in total. The van der Waals surface area contributed by atoms with Gasteiger partial charge in [-0.15, -0.1) is 0 Å². The van der Waals surface area contributed by atoms with Crippen LogP contribution in [0, 0.1) is 0 Å². The standard InChI is InChI=1S/C8H9F3NO.C2H6/c1-2-6-3-4-7(8(9,10)11)12(13)5-6;1-2/h3-5,13H,2H2,1H3;1-2H3/q+1;. The number of hydrogen-bond acceptors (Lipinski definition) is 1. The lowest BCUT2D eigenvalue weighted by atomic mass is 10.2. The van der Waals surface area contributed by atoms with Gasteiger partial charge in [-0.1, -0.05) is 20.8 Å². The van der Waals surface area contributed by atoms with Crippen LogP contribution in [-0.2, 0) is 12.6 Å². The summed E-state index contributed by atoms with van der Waals surface area (Å²) in [5, 5.41) is 8.95. The maximum absolute atomic E-state index is 12.1. The minimum Gasteiger partial charge on any atom is -0.285 e. The third kappa shape index (κ3) is 3.77. The van der Waals surface area contributed by atoms with Crippen molar-refractivity contribution in [1.82, 2.24) is 0 Å². The Balaban J connectivity index is 0.000000921. The fraction of sp³-hybridized carbons (Fsp3) is 0.500. The summed E-state index contributed by atoms with van der Waals surface area (Å²) in [6, 6.07) is 2.20. The van der Waals surface area contributed by atoms with Crippen molar-refractivity contribution >= 4 is 0 Å². The molecule has 1 heterocycles. The van der Waals surface area contributed by atoms with E-state index in [-0.39, 0.29) is 4.73 Å². The SMILES string of the molecule is CC.CCc1ccc(C(F)(F)F)[n+](O)c1. The zero-order valence-corrected chi connectivity index (χ0v) is 8.97. The van der Waals surface area contributed by atoms with Crippen LogP contribution in [0.15, 0.2) is 18.3 Å². The average molecular weight is 222 g/mol. The summed E-state index contributed by atoms with van der Waals surface area (Å²) in [7, 11) is 0. The van der Waals surface area contributed by atoms with Gasteiger partial charge in [0.1, 0.15) is 0 Å². The van der Waals surface area contributed by atoms with E-state index in [1.165, 1.54) is 6.07 Å². The van der Waals surface area contributed by atoms with E-state index >= 15 is 0 Å². The van der Waals surface area contributed by atoms with Gasteiger partial charge in [-0.05, 0) is 12.5 Å². The summed E-state index contributed by atoms with van der Waals surface area (Å²) < 4.78 is 36.4. The maximum Gasteiger partial charge on any atom is 0.482 e. The quantitative estimate of drug-likeness (QED) is 0.573. The number of aryl methyl sites for hydroxylation is 1. The lowest BCUT2D eigenvalue weighted by Gasteiger charge is -2.01. The molecular formula is C10H15F3NO+. The van der Waals surface area contributed by atoms with Crippen LogP contribution in [0.3, 0.4) is 0 Å². The molecule has 0 bridgehead atoms. The van der Waals surface area contributed by atoms with Gasteiger partial charge in [0.25, 0.3) is 0 Å². The minimum absolute atomic E-state index is 0.110. The summed E-state index contributed by atoms with van der Waals surface area (Å²) in [5.41, 5.74) is -0.416. The zero-order chi connectivity index (χ0) is 12.1. The Bertz CT molecular complexity index is 310. The number of alkyl halides is 3. The second kappa shape index (κ2) is 5.58. The number of rotatable bonds is 1. The molecule has 0 atom stereocenters. The molecule has 0 amide bonds. The first-order valence-corrected chi connectivity index (χ1v) is 4.76. The summed E-state index contributed by atoms with van der Waals surface area (Å²) in [6.45, 7) is 5.79. The molecule has 0 fully saturated rings. The molecule has 1 aromatic heterocycles. The molecule has 5 heteroatoms. The van der Waals surface area contributed by atoms with Crippen LogP contribution in [0.2, 0.25) is 0 Å². The minimum atomic E-state index is -4.51. The predicted octanol–water partition coefficient (Wildman–Crippen LogP) is 2.82. The Morgan fingerprint density at radius 1 is 1.27 bits per heavy atom. The van der Waals surface area contributed by atoms with Crippen molar-refractivity contribution in [2.24, 2.45) is 0 Å². The second-order valence-electron chi connectivity index (χ2n) is 2.62. The van der Waals surface area contributed by atoms with Crippen molar-refractivity contribution in [2.75, 3.05) is 0 Å². The van der Waals surface area contributed by atoms with Crippen molar-refractivity contribution in [3.8, 4) is 0 Å². The van der Waals surface area contributed by atoms with E-state index in [0.717, 1.165) is 12.3 Å². The molecule has 1 aromatic rings. The average Bonchev–Trinajstić information content (AvgIpc) is 2.18. The zero-order valence-electron chi connectivity index (χ0n) is 8.97. The van der Waals surface area contributed by atoms with Crippen LogP contribution in [0.5, 0.6) is 0 Å². The highest BCUT2D eigenvalue weighted by Crippen LogP contribution is 2.26. The molecule has 0 aliphatic rings. The van der Waals surface area contributed by atoms with Gasteiger partial charge >= 0.3 is 11.9 Å². The summed E-state index contributed by atoms with van der Waals surface area (Å²) in [4.78, 5) is 0.